The molecule has 3 N–H and O–H groups in total. The molecule has 34 heavy (non-hydrogen) atoms. The monoisotopic (exact) mass is 482 g/mol. The molecule has 1 amide bonds. The first-order valence-electron chi connectivity index (χ1n) is 12.5. The van der Waals surface area contributed by atoms with Crippen LogP contribution in [-0.4, -0.2) is 41.9 Å². The number of carbonyl (C=O) groups is 1. The predicted molar refractivity (Wildman–Crippen MR) is 123 cm³/mol. The Labute approximate surface area is 199 Å². The van der Waals surface area contributed by atoms with Gasteiger partial charge >= 0.3 is 6.18 Å². The minimum atomic E-state index is -4.42. The predicted octanol–water partition coefficient (Wildman–Crippen LogP) is 4.38. The fourth-order valence-electron chi connectivity index (χ4n) is 5.63. The van der Waals surface area contributed by atoms with E-state index < -0.39 is 23.3 Å². The molecule has 2 aliphatic carbocycles. The van der Waals surface area contributed by atoms with Gasteiger partial charge in [0.15, 0.2) is 0 Å². The van der Waals surface area contributed by atoms with Crippen molar-refractivity contribution in [3.05, 3.63) is 34.9 Å². The molecule has 1 saturated heterocycles. The molecule has 0 aromatic heterocycles. The molecule has 190 valence electrons. The molecule has 1 aromatic rings. The first-order chi connectivity index (χ1) is 15.9. The number of hydrogen-bond donors (Lipinski definition) is 3. The van der Waals surface area contributed by atoms with Gasteiger partial charge in [-0.25, -0.2) is 0 Å². The SMILES string of the molecule is CC1COCCC1NC1CC(C(C)(C)O)[C@H](C(=O)NCc2cc(C3CC3)cc(C(F)(F)F)c2)C1. The van der Waals surface area contributed by atoms with Crippen LogP contribution in [-0.2, 0) is 22.3 Å². The average molecular weight is 483 g/mol. The first kappa shape index (κ1) is 25.5. The molecule has 1 heterocycles. The van der Waals surface area contributed by atoms with Crippen LogP contribution in [0.5, 0.6) is 0 Å². The lowest BCUT2D eigenvalue weighted by Gasteiger charge is -2.32. The molecule has 2 saturated carbocycles. The highest BCUT2D eigenvalue weighted by atomic mass is 19.4. The minimum Gasteiger partial charge on any atom is -0.390 e. The fourth-order valence-corrected chi connectivity index (χ4v) is 5.63. The van der Waals surface area contributed by atoms with Crippen LogP contribution in [0.4, 0.5) is 13.2 Å². The second-order valence-corrected chi connectivity index (χ2v) is 11.1. The molecule has 0 spiro atoms. The molecule has 8 heteroatoms. The number of carbonyl (C=O) groups excluding carboxylic acids is 1. The molecule has 1 aliphatic heterocycles. The van der Waals surface area contributed by atoms with Gasteiger partial charge in [0, 0.05) is 37.1 Å². The number of hydrogen-bond acceptors (Lipinski definition) is 4. The summed E-state index contributed by atoms with van der Waals surface area (Å²) in [7, 11) is 0. The van der Waals surface area contributed by atoms with Crippen molar-refractivity contribution < 1.29 is 27.8 Å². The van der Waals surface area contributed by atoms with Gasteiger partial charge in [-0.2, -0.15) is 13.2 Å². The Morgan fingerprint density at radius 1 is 1.15 bits per heavy atom. The highest BCUT2D eigenvalue weighted by Gasteiger charge is 2.46. The van der Waals surface area contributed by atoms with Crippen LogP contribution in [0, 0.1) is 17.8 Å². The third kappa shape index (κ3) is 6.13. The van der Waals surface area contributed by atoms with Crippen molar-refractivity contribution in [1.29, 1.82) is 0 Å². The zero-order valence-corrected chi connectivity index (χ0v) is 20.3. The summed E-state index contributed by atoms with van der Waals surface area (Å²) in [5.74, 6) is -0.277. The van der Waals surface area contributed by atoms with Crippen LogP contribution in [0.25, 0.3) is 0 Å². The van der Waals surface area contributed by atoms with Crippen LogP contribution in [0.2, 0.25) is 0 Å². The van der Waals surface area contributed by atoms with Crippen molar-refractivity contribution in [1.82, 2.24) is 10.6 Å². The van der Waals surface area contributed by atoms with Gasteiger partial charge < -0.3 is 20.5 Å². The van der Waals surface area contributed by atoms with Crippen molar-refractivity contribution in [2.24, 2.45) is 17.8 Å². The lowest BCUT2D eigenvalue weighted by molar-refractivity contribution is -0.137. The van der Waals surface area contributed by atoms with E-state index in [-0.39, 0.29) is 30.3 Å². The molecule has 1 aromatic carbocycles. The van der Waals surface area contributed by atoms with Gasteiger partial charge in [0.05, 0.1) is 17.8 Å². The summed E-state index contributed by atoms with van der Waals surface area (Å²) in [6.07, 6.45) is -0.408. The van der Waals surface area contributed by atoms with Crippen molar-refractivity contribution in [3.8, 4) is 0 Å². The van der Waals surface area contributed by atoms with Crippen molar-refractivity contribution >= 4 is 5.91 Å². The van der Waals surface area contributed by atoms with E-state index in [9.17, 15) is 23.1 Å². The third-order valence-electron chi connectivity index (χ3n) is 7.76. The summed E-state index contributed by atoms with van der Waals surface area (Å²) in [5.41, 5.74) is -0.529. The number of amides is 1. The van der Waals surface area contributed by atoms with E-state index in [0.29, 0.717) is 49.1 Å². The summed E-state index contributed by atoms with van der Waals surface area (Å²) < 4.78 is 45.7. The maximum Gasteiger partial charge on any atom is 0.416 e. The molecule has 4 unspecified atom stereocenters. The molecule has 0 bridgehead atoms. The number of benzene rings is 1. The Kier molecular flexibility index (Phi) is 7.32. The van der Waals surface area contributed by atoms with Gasteiger partial charge in [-0.1, -0.05) is 13.0 Å². The Morgan fingerprint density at radius 2 is 1.88 bits per heavy atom. The van der Waals surface area contributed by atoms with E-state index in [0.717, 1.165) is 25.3 Å². The molecule has 5 atom stereocenters. The minimum absolute atomic E-state index is 0.0483. The van der Waals surface area contributed by atoms with Crippen LogP contribution in [0.1, 0.15) is 75.5 Å². The van der Waals surface area contributed by atoms with Crippen molar-refractivity contribution in [2.45, 2.75) is 89.2 Å². The van der Waals surface area contributed by atoms with Crippen LogP contribution in [0.3, 0.4) is 0 Å². The molecule has 3 aliphatic rings. The molecule has 3 fully saturated rings. The quantitative estimate of drug-likeness (QED) is 0.540. The average Bonchev–Trinajstić information content (AvgIpc) is 3.51. The maximum absolute atomic E-state index is 13.4. The van der Waals surface area contributed by atoms with Gasteiger partial charge in [-0.3, -0.25) is 4.79 Å². The summed E-state index contributed by atoms with van der Waals surface area (Å²) in [6.45, 7) is 7.08. The molecular weight excluding hydrogens is 445 g/mol. The van der Waals surface area contributed by atoms with E-state index in [4.69, 9.17) is 4.74 Å². The Balaban J connectivity index is 1.43. The number of ether oxygens (including phenoxy) is 1. The molecule has 4 rings (SSSR count). The van der Waals surface area contributed by atoms with Crippen molar-refractivity contribution in [2.75, 3.05) is 13.2 Å². The molecular formula is C26H37F3N2O3. The number of rotatable bonds is 7. The maximum atomic E-state index is 13.4. The van der Waals surface area contributed by atoms with E-state index in [2.05, 4.69) is 17.6 Å². The zero-order chi connectivity index (χ0) is 24.7. The highest BCUT2D eigenvalue weighted by molar-refractivity contribution is 5.79. The molecule has 0 radical (unpaired) electrons. The van der Waals surface area contributed by atoms with E-state index in [1.807, 2.05) is 0 Å². The topological polar surface area (TPSA) is 70.6 Å². The Hall–Kier alpha value is -1.64. The number of alkyl halides is 3. The van der Waals surface area contributed by atoms with Crippen molar-refractivity contribution in [3.63, 3.8) is 0 Å². The first-order valence-corrected chi connectivity index (χ1v) is 12.5. The normalized spacial score (nSPS) is 30.4. The van der Waals surface area contributed by atoms with E-state index >= 15 is 0 Å². The van der Waals surface area contributed by atoms with Gasteiger partial charge in [0.25, 0.3) is 0 Å². The summed E-state index contributed by atoms with van der Waals surface area (Å²) in [6, 6.07) is 4.57. The summed E-state index contributed by atoms with van der Waals surface area (Å²) in [5, 5.41) is 17.3. The van der Waals surface area contributed by atoms with Crippen LogP contribution < -0.4 is 10.6 Å². The zero-order valence-electron chi connectivity index (χ0n) is 20.3. The number of nitrogens with one attached hydrogen (secondary N) is 2. The largest absolute Gasteiger partial charge is 0.416 e. The van der Waals surface area contributed by atoms with Crippen LogP contribution in [0.15, 0.2) is 18.2 Å². The summed E-state index contributed by atoms with van der Waals surface area (Å²) >= 11 is 0. The number of aliphatic hydroxyl groups is 1. The standard InChI is InChI=1S/C26H37F3N2O3/c1-15-14-34-7-6-23(15)31-20-11-21(22(12-20)25(2,3)33)24(32)30-13-16-8-18(17-4-5-17)10-19(9-16)26(27,28)29/h8-10,15,17,20-23,31,33H,4-7,11-14H2,1-3H3,(H,30,32)/t15?,20?,21-,22?,23?/m1/s1. The Bertz CT molecular complexity index is 879. The van der Waals surface area contributed by atoms with E-state index in [1.165, 1.54) is 6.07 Å². The Morgan fingerprint density at radius 3 is 2.50 bits per heavy atom. The fraction of sp³-hybridized carbons (Fsp3) is 0.731. The highest BCUT2D eigenvalue weighted by Crippen LogP contribution is 2.43. The second-order valence-electron chi connectivity index (χ2n) is 11.1. The molecule has 5 nitrogen and oxygen atoms in total. The second kappa shape index (κ2) is 9.78. The van der Waals surface area contributed by atoms with E-state index in [1.54, 1.807) is 19.9 Å². The summed E-state index contributed by atoms with van der Waals surface area (Å²) in [4.78, 5) is 13.2. The van der Waals surface area contributed by atoms with Gasteiger partial charge in [-0.15, -0.1) is 0 Å². The third-order valence-corrected chi connectivity index (χ3v) is 7.76. The smallest absolute Gasteiger partial charge is 0.390 e. The van der Waals surface area contributed by atoms with Crippen LogP contribution >= 0.6 is 0 Å². The van der Waals surface area contributed by atoms with Gasteiger partial charge in [-0.05, 0) is 81.0 Å². The number of halogens is 3. The van der Waals surface area contributed by atoms with Gasteiger partial charge in [0.1, 0.15) is 0 Å². The van der Waals surface area contributed by atoms with Gasteiger partial charge in [0.2, 0.25) is 5.91 Å². The lowest BCUT2D eigenvalue weighted by atomic mass is 9.82. The lowest BCUT2D eigenvalue weighted by Crippen LogP contribution is -2.46.